The normalized spacial score (nSPS) is 16.0. The molecule has 1 atom stereocenters. The minimum absolute atomic E-state index is 0.0887. The van der Waals surface area contributed by atoms with Crippen molar-refractivity contribution in [2.24, 2.45) is 0 Å². The first-order valence-corrected chi connectivity index (χ1v) is 7.95. The van der Waals surface area contributed by atoms with E-state index in [1.807, 2.05) is 38.1 Å². The number of carbonyl (C=O) groups is 2. The Kier molecular flexibility index (Phi) is 5.66. The molecule has 2 rings (SSSR count). The van der Waals surface area contributed by atoms with E-state index in [4.69, 9.17) is 11.6 Å². The zero-order valence-electron chi connectivity index (χ0n) is 13.0. The Morgan fingerprint density at radius 2 is 1.91 bits per heavy atom. The van der Waals surface area contributed by atoms with E-state index in [2.05, 4.69) is 5.32 Å². The topological polar surface area (TPSA) is 52.7 Å². The van der Waals surface area contributed by atoms with Gasteiger partial charge in [0.25, 0.3) is 0 Å². The van der Waals surface area contributed by atoms with Crippen molar-refractivity contribution >= 4 is 23.5 Å². The summed E-state index contributed by atoms with van der Waals surface area (Å²) in [6.07, 6.45) is 0.877. The Hall–Kier alpha value is -1.75. The lowest BCUT2D eigenvalue weighted by Gasteiger charge is -2.19. The summed E-state index contributed by atoms with van der Waals surface area (Å²) in [6.45, 7) is 5.86. The van der Waals surface area contributed by atoms with E-state index in [9.17, 15) is 9.59 Å². The zero-order valence-corrected chi connectivity index (χ0v) is 13.8. The van der Waals surface area contributed by atoms with Gasteiger partial charge in [-0.3, -0.25) is 4.79 Å². The lowest BCUT2D eigenvalue weighted by Crippen LogP contribution is -2.42. The number of rotatable bonds is 6. The van der Waals surface area contributed by atoms with Gasteiger partial charge in [-0.25, -0.2) is 4.79 Å². The molecule has 0 spiro atoms. The number of hydrogen-bond acceptors (Lipinski definition) is 2. The third kappa shape index (κ3) is 4.37. The lowest BCUT2D eigenvalue weighted by molar-refractivity contribution is -0.122. The van der Waals surface area contributed by atoms with Crippen molar-refractivity contribution in [3.8, 4) is 0 Å². The van der Waals surface area contributed by atoms with Gasteiger partial charge in [-0.05, 0) is 31.0 Å². The highest BCUT2D eigenvalue weighted by Gasteiger charge is 2.29. The van der Waals surface area contributed by atoms with Crippen LogP contribution in [-0.2, 0) is 11.3 Å². The number of amides is 3. The van der Waals surface area contributed by atoms with Gasteiger partial charge in [0.2, 0.25) is 5.91 Å². The van der Waals surface area contributed by atoms with Crippen molar-refractivity contribution in [3.05, 3.63) is 34.9 Å². The van der Waals surface area contributed by atoms with Crippen molar-refractivity contribution in [3.63, 3.8) is 0 Å². The van der Waals surface area contributed by atoms with Crippen LogP contribution >= 0.6 is 11.6 Å². The molecule has 1 aromatic rings. The summed E-state index contributed by atoms with van der Waals surface area (Å²) in [4.78, 5) is 27.5. The fourth-order valence-corrected chi connectivity index (χ4v) is 2.46. The van der Waals surface area contributed by atoms with E-state index < -0.39 is 0 Å². The van der Waals surface area contributed by atoms with E-state index in [1.165, 1.54) is 0 Å². The van der Waals surface area contributed by atoms with Crippen LogP contribution in [0.25, 0.3) is 0 Å². The summed E-state index contributed by atoms with van der Waals surface area (Å²) in [7, 11) is 0. The molecule has 0 radical (unpaired) electrons. The molecule has 1 saturated heterocycles. The lowest BCUT2D eigenvalue weighted by atomic mass is 10.2. The van der Waals surface area contributed by atoms with Gasteiger partial charge in [-0.15, -0.1) is 0 Å². The Labute approximate surface area is 136 Å². The van der Waals surface area contributed by atoms with Crippen LogP contribution in [0.1, 0.15) is 25.8 Å². The van der Waals surface area contributed by atoms with Crippen LogP contribution in [-0.4, -0.2) is 47.4 Å². The number of halogens is 1. The van der Waals surface area contributed by atoms with Crippen molar-refractivity contribution in [1.82, 2.24) is 15.1 Å². The average Bonchev–Trinajstić information content (AvgIpc) is 2.82. The summed E-state index contributed by atoms with van der Waals surface area (Å²) in [5.41, 5.74) is 1.03. The van der Waals surface area contributed by atoms with Gasteiger partial charge >= 0.3 is 6.03 Å². The van der Waals surface area contributed by atoms with Crippen molar-refractivity contribution < 1.29 is 9.59 Å². The van der Waals surface area contributed by atoms with Gasteiger partial charge < -0.3 is 15.1 Å². The van der Waals surface area contributed by atoms with E-state index in [0.717, 1.165) is 12.0 Å². The van der Waals surface area contributed by atoms with Crippen LogP contribution in [0, 0.1) is 0 Å². The molecule has 1 N–H and O–H groups in total. The van der Waals surface area contributed by atoms with Gasteiger partial charge in [0.15, 0.2) is 0 Å². The molecular formula is C16H22ClN3O2. The van der Waals surface area contributed by atoms with Gasteiger partial charge in [-0.1, -0.05) is 30.7 Å². The molecule has 0 saturated carbocycles. The Morgan fingerprint density at radius 3 is 2.55 bits per heavy atom. The van der Waals surface area contributed by atoms with Crippen molar-refractivity contribution in [1.29, 1.82) is 0 Å². The quantitative estimate of drug-likeness (QED) is 0.874. The molecule has 0 unspecified atom stereocenters. The minimum atomic E-state index is -0.101. The molecule has 0 bridgehead atoms. The monoisotopic (exact) mass is 323 g/mol. The standard InChI is InChI=1S/C16H22ClN3O2/c1-3-12(2)18-15(21)11-20-9-8-19(16(20)22)10-13-4-6-14(17)7-5-13/h4-7,12H,3,8-11H2,1-2H3,(H,18,21)/t12-/m1/s1. The fraction of sp³-hybridized carbons (Fsp3) is 0.500. The molecule has 1 aliphatic heterocycles. The maximum Gasteiger partial charge on any atom is 0.320 e. The molecule has 0 aromatic heterocycles. The van der Waals surface area contributed by atoms with Gasteiger partial charge in [0.05, 0.1) is 0 Å². The van der Waals surface area contributed by atoms with Crippen LogP contribution in [0.5, 0.6) is 0 Å². The Morgan fingerprint density at radius 1 is 1.27 bits per heavy atom. The number of benzene rings is 1. The highest BCUT2D eigenvalue weighted by molar-refractivity contribution is 6.30. The first kappa shape index (κ1) is 16.6. The Bertz CT molecular complexity index is 533. The van der Waals surface area contributed by atoms with Crippen molar-refractivity contribution in [2.75, 3.05) is 19.6 Å². The second-order valence-electron chi connectivity index (χ2n) is 5.63. The molecular weight excluding hydrogens is 302 g/mol. The maximum atomic E-state index is 12.3. The molecule has 5 nitrogen and oxygen atoms in total. The van der Waals surface area contributed by atoms with E-state index in [0.29, 0.717) is 24.7 Å². The second kappa shape index (κ2) is 7.49. The number of nitrogens with zero attached hydrogens (tertiary/aromatic N) is 2. The fourth-order valence-electron chi connectivity index (χ4n) is 2.33. The number of carbonyl (C=O) groups excluding carboxylic acids is 2. The predicted octanol–water partition coefficient (Wildman–Crippen LogP) is 2.49. The molecule has 6 heteroatoms. The van der Waals surface area contributed by atoms with Crippen LogP contribution in [0.2, 0.25) is 5.02 Å². The number of nitrogens with one attached hydrogen (secondary N) is 1. The summed E-state index contributed by atoms with van der Waals surface area (Å²) in [5.74, 6) is -0.101. The number of urea groups is 1. The SMILES string of the molecule is CC[C@@H](C)NC(=O)CN1CCN(Cc2ccc(Cl)cc2)C1=O. The van der Waals surface area contributed by atoms with Gasteiger partial charge in [-0.2, -0.15) is 0 Å². The molecule has 120 valence electrons. The summed E-state index contributed by atoms with van der Waals surface area (Å²) < 4.78 is 0. The first-order chi connectivity index (χ1) is 10.5. The van der Waals surface area contributed by atoms with Gasteiger partial charge in [0, 0.05) is 30.7 Å². The molecule has 0 aliphatic carbocycles. The van der Waals surface area contributed by atoms with Crippen LogP contribution in [0.3, 0.4) is 0 Å². The average molecular weight is 324 g/mol. The molecule has 3 amide bonds. The largest absolute Gasteiger partial charge is 0.352 e. The number of hydrogen-bond donors (Lipinski definition) is 1. The molecule has 22 heavy (non-hydrogen) atoms. The van der Waals surface area contributed by atoms with Gasteiger partial charge in [0.1, 0.15) is 6.54 Å². The second-order valence-corrected chi connectivity index (χ2v) is 6.07. The summed E-state index contributed by atoms with van der Waals surface area (Å²) in [5, 5.41) is 3.56. The smallest absolute Gasteiger partial charge is 0.320 e. The minimum Gasteiger partial charge on any atom is -0.352 e. The van der Waals surface area contributed by atoms with E-state index >= 15 is 0 Å². The molecule has 1 heterocycles. The highest BCUT2D eigenvalue weighted by atomic mass is 35.5. The van der Waals surface area contributed by atoms with E-state index in [-0.39, 0.29) is 24.5 Å². The van der Waals surface area contributed by atoms with Crippen LogP contribution < -0.4 is 5.32 Å². The summed E-state index contributed by atoms with van der Waals surface area (Å²) >= 11 is 5.86. The molecule has 1 fully saturated rings. The van der Waals surface area contributed by atoms with E-state index in [1.54, 1.807) is 9.80 Å². The Balaban J connectivity index is 1.87. The predicted molar refractivity (Wildman–Crippen MR) is 86.7 cm³/mol. The van der Waals surface area contributed by atoms with Crippen molar-refractivity contribution in [2.45, 2.75) is 32.9 Å². The molecule has 1 aliphatic rings. The summed E-state index contributed by atoms with van der Waals surface area (Å²) in [6, 6.07) is 7.50. The third-order valence-corrected chi connectivity index (χ3v) is 4.07. The highest BCUT2D eigenvalue weighted by Crippen LogP contribution is 2.15. The third-order valence-electron chi connectivity index (χ3n) is 3.82. The maximum absolute atomic E-state index is 12.3. The van der Waals surface area contributed by atoms with Crippen LogP contribution in [0.4, 0.5) is 4.79 Å². The first-order valence-electron chi connectivity index (χ1n) is 7.57. The van der Waals surface area contributed by atoms with Crippen LogP contribution in [0.15, 0.2) is 24.3 Å². The molecule has 1 aromatic carbocycles. The zero-order chi connectivity index (χ0) is 16.1.